The van der Waals surface area contributed by atoms with Gasteiger partial charge in [-0.15, -0.1) is 0 Å². The van der Waals surface area contributed by atoms with Crippen molar-refractivity contribution in [3.05, 3.63) is 59.1 Å². The number of para-hydroxylation sites is 1. The molecule has 1 aliphatic rings. The summed E-state index contributed by atoms with van der Waals surface area (Å²) in [7, 11) is 0. The van der Waals surface area contributed by atoms with Crippen molar-refractivity contribution >= 4 is 29.0 Å². The summed E-state index contributed by atoms with van der Waals surface area (Å²) in [6, 6.07) is 9.61. The monoisotopic (exact) mass is 370 g/mol. The number of halogens is 1. The Balaban J connectivity index is 2.09. The van der Waals surface area contributed by atoms with E-state index < -0.39 is 0 Å². The SMILES string of the molecule is C=C(C(=O)NC(C)(C)C)N(c1ccccc1)c1nc(Cl)nc2c1CCC2. The Morgan fingerprint density at radius 1 is 1.19 bits per heavy atom. The summed E-state index contributed by atoms with van der Waals surface area (Å²) in [5, 5.41) is 3.15. The van der Waals surface area contributed by atoms with E-state index >= 15 is 0 Å². The van der Waals surface area contributed by atoms with Gasteiger partial charge >= 0.3 is 0 Å². The van der Waals surface area contributed by atoms with Gasteiger partial charge in [-0.2, -0.15) is 4.98 Å². The number of amides is 1. The zero-order valence-corrected chi connectivity index (χ0v) is 16.1. The number of nitrogens with one attached hydrogen (secondary N) is 1. The fourth-order valence-electron chi connectivity index (χ4n) is 3.07. The predicted octanol–water partition coefficient (Wildman–Crippen LogP) is 4.19. The topological polar surface area (TPSA) is 58.1 Å². The van der Waals surface area contributed by atoms with Gasteiger partial charge in [0.15, 0.2) is 0 Å². The molecule has 0 atom stereocenters. The number of rotatable bonds is 4. The van der Waals surface area contributed by atoms with Crippen molar-refractivity contribution in [1.29, 1.82) is 0 Å². The lowest BCUT2D eigenvalue weighted by atomic mass is 10.1. The van der Waals surface area contributed by atoms with Crippen molar-refractivity contribution in [2.75, 3.05) is 4.90 Å². The Bertz CT molecular complexity index is 843. The summed E-state index contributed by atoms with van der Waals surface area (Å²) in [6.45, 7) is 9.86. The van der Waals surface area contributed by atoms with Crippen molar-refractivity contribution in [1.82, 2.24) is 15.3 Å². The minimum absolute atomic E-state index is 0.186. The molecule has 1 N–H and O–H groups in total. The molecule has 26 heavy (non-hydrogen) atoms. The molecule has 0 radical (unpaired) electrons. The van der Waals surface area contributed by atoms with Gasteiger partial charge in [0.2, 0.25) is 5.28 Å². The highest BCUT2D eigenvalue weighted by molar-refractivity contribution is 6.28. The van der Waals surface area contributed by atoms with Gasteiger partial charge < -0.3 is 5.32 Å². The van der Waals surface area contributed by atoms with E-state index in [1.54, 1.807) is 4.90 Å². The zero-order valence-electron chi connectivity index (χ0n) is 15.3. The van der Waals surface area contributed by atoms with E-state index in [-0.39, 0.29) is 16.7 Å². The van der Waals surface area contributed by atoms with E-state index in [1.165, 1.54) is 0 Å². The molecule has 1 heterocycles. The van der Waals surface area contributed by atoms with Gasteiger partial charge in [0, 0.05) is 16.8 Å². The highest BCUT2D eigenvalue weighted by Gasteiger charge is 2.28. The molecule has 3 rings (SSSR count). The maximum absolute atomic E-state index is 12.8. The smallest absolute Gasteiger partial charge is 0.268 e. The van der Waals surface area contributed by atoms with Crippen molar-refractivity contribution in [2.24, 2.45) is 0 Å². The van der Waals surface area contributed by atoms with Crippen LogP contribution in [0.15, 0.2) is 42.6 Å². The van der Waals surface area contributed by atoms with Crippen LogP contribution >= 0.6 is 11.6 Å². The number of hydrogen-bond donors (Lipinski definition) is 1. The second-order valence-corrected chi connectivity index (χ2v) is 7.75. The van der Waals surface area contributed by atoms with E-state index in [0.717, 1.165) is 36.2 Å². The molecule has 1 aromatic carbocycles. The Kier molecular flexibility index (Phi) is 5.01. The average molecular weight is 371 g/mol. The number of carbonyl (C=O) groups is 1. The third kappa shape index (κ3) is 3.88. The van der Waals surface area contributed by atoms with E-state index in [2.05, 4.69) is 21.9 Å². The maximum atomic E-state index is 12.8. The van der Waals surface area contributed by atoms with Gasteiger partial charge in [0.1, 0.15) is 11.5 Å². The molecule has 6 heteroatoms. The Hall–Kier alpha value is -2.40. The highest BCUT2D eigenvalue weighted by atomic mass is 35.5. The Morgan fingerprint density at radius 3 is 2.54 bits per heavy atom. The molecule has 2 aromatic rings. The lowest BCUT2D eigenvalue weighted by molar-refractivity contribution is -0.118. The molecule has 1 amide bonds. The molecule has 0 saturated heterocycles. The Morgan fingerprint density at radius 2 is 1.88 bits per heavy atom. The first-order valence-electron chi connectivity index (χ1n) is 8.68. The fourth-order valence-corrected chi connectivity index (χ4v) is 3.25. The highest BCUT2D eigenvalue weighted by Crippen LogP contribution is 2.36. The molecule has 0 fully saturated rings. The average Bonchev–Trinajstić information content (AvgIpc) is 3.02. The molecular formula is C20H23ClN4O. The third-order valence-electron chi connectivity index (χ3n) is 4.13. The molecule has 0 spiro atoms. The van der Waals surface area contributed by atoms with Crippen LogP contribution in [0.2, 0.25) is 5.28 Å². The Labute approximate surface area is 159 Å². The van der Waals surface area contributed by atoms with Gasteiger partial charge in [0.25, 0.3) is 5.91 Å². The summed E-state index contributed by atoms with van der Waals surface area (Å²) in [5.41, 5.74) is 2.72. The number of aromatic nitrogens is 2. The molecule has 0 bridgehead atoms. The molecule has 1 aliphatic carbocycles. The van der Waals surface area contributed by atoms with E-state index in [4.69, 9.17) is 11.6 Å². The maximum Gasteiger partial charge on any atom is 0.268 e. The van der Waals surface area contributed by atoms with Crippen LogP contribution in [0.25, 0.3) is 0 Å². The van der Waals surface area contributed by atoms with Crippen LogP contribution in [0.5, 0.6) is 0 Å². The number of nitrogens with zero attached hydrogens (tertiary/aromatic N) is 3. The summed E-state index contributed by atoms with van der Waals surface area (Å²) >= 11 is 6.17. The van der Waals surface area contributed by atoms with E-state index in [0.29, 0.717) is 11.5 Å². The lowest BCUT2D eigenvalue weighted by Gasteiger charge is -2.29. The van der Waals surface area contributed by atoms with Crippen LogP contribution in [-0.2, 0) is 17.6 Å². The van der Waals surface area contributed by atoms with Crippen LogP contribution in [0.1, 0.15) is 38.4 Å². The largest absolute Gasteiger partial charge is 0.346 e. The van der Waals surface area contributed by atoms with E-state index in [1.807, 2.05) is 51.1 Å². The van der Waals surface area contributed by atoms with Crippen LogP contribution < -0.4 is 10.2 Å². The van der Waals surface area contributed by atoms with Crippen molar-refractivity contribution in [3.8, 4) is 0 Å². The number of aryl methyl sites for hydroxylation is 1. The normalized spacial score (nSPS) is 13.2. The molecule has 0 aliphatic heterocycles. The second kappa shape index (κ2) is 7.08. The van der Waals surface area contributed by atoms with Gasteiger partial charge in [-0.3, -0.25) is 9.69 Å². The van der Waals surface area contributed by atoms with Crippen molar-refractivity contribution in [3.63, 3.8) is 0 Å². The lowest BCUT2D eigenvalue weighted by Crippen LogP contribution is -2.44. The zero-order chi connectivity index (χ0) is 18.9. The number of benzene rings is 1. The second-order valence-electron chi connectivity index (χ2n) is 7.42. The van der Waals surface area contributed by atoms with Gasteiger partial charge in [-0.25, -0.2) is 4.98 Å². The van der Waals surface area contributed by atoms with Crippen molar-refractivity contribution < 1.29 is 4.79 Å². The minimum atomic E-state index is -0.367. The third-order valence-corrected chi connectivity index (χ3v) is 4.30. The summed E-state index contributed by atoms with van der Waals surface area (Å²) in [6.07, 6.45) is 2.73. The number of anilines is 2. The van der Waals surface area contributed by atoms with Crippen LogP contribution in [0.3, 0.4) is 0 Å². The molecular weight excluding hydrogens is 348 g/mol. The quantitative estimate of drug-likeness (QED) is 0.647. The first-order chi connectivity index (χ1) is 12.3. The molecule has 0 saturated carbocycles. The summed E-state index contributed by atoms with van der Waals surface area (Å²) in [5.74, 6) is 0.389. The summed E-state index contributed by atoms with van der Waals surface area (Å²) in [4.78, 5) is 23.4. The van der Waals surface area contributed by atoms with Crippen LogP contribution in [0.4, 0.5) is 11.5 Å². The minimum Gasteiger partial charge on any atom is -0.346 e. The fraction of sp³-hybridized carbons (Fsp3) is 0.350. The van der Waals surface area contributed by atoms with Crippen LogP contribution in [0, 0.1) is 0 Å². The predicted molar refractivity (Wildman–Crippen MR) is 105 cm³/mol. The summed E-state index contributed by atoms with van der Waals surface area (Å²) < 4.78 is 0. The number of hydrogen-bond acceptors (Lipinski definition) is 4. The molecule has 5 nitrogen and oxygen atoms in total. The van der Waals surface area contributed by atoms with Crippen LogP contribution in [-0.4, -0.2) is 21.4 Å². The standard InChI is InChI=1S/C20H23ClN4O/c1-13(18(26)24-20(2,3)4)25(14-9-6-5-7-10-14)17-15-11-8-12-16(15)22-19(21)23-17/h5-7,9-10H,1,8,11-12H2,2-4H3,(H,24,26). The molecule has 136 valence electrons. The number of fused-ring (bicyclic) bond motifs is 1. The van der Waals surface area contributed by atoms with E-state index in [9.17, 15) is 4.79 Å². The first-order valence-corrected chi connectivity index (χ1v) is 9.06. The molecule has 1 aromatic heterocycles. The first kappa shape index (κ1) is 18.4. The van der Waals surface area contributed by atoms with Gasteiger partial charge in [0.05, 0.1) is 5.69 Å². The molecule has 0 unspecified atom stereocenters. The number of carbonyl (C=O) groups excluding carboxylic acids is 1. The van der Waals surface area contributed by atoms with Gasteiger partial charge in [-0.05, 0) is 63.8 Å². The van der Waals surface area contributed by atoms with Gasteiger partial charge in [-0.1, -0.05) is 24.8 Å². The van der Waals surface area contributed by atoms with Crippen molar-refractivity contribution in [2.45, 2.75) is 45.6 Å².